The number of nitrogens with two attached hydrogens (primary N) is 1. The van der Waals surface area contributed by atoms with Crippen LogP contribution in [0.25, 0.3) is 0 Å². The highest BCUT2D eigenvalue weighted by molar-refractivity contribution is 7.15. The molecule has 8 heteroatoms. The molecule has 1 saturated heterocycles. The van der Waals surface area contributed by atoms with Crippen LogP contribution in [-0.4, -0.2) is 29.6 Å². The zero-order chi connectivity index (χ0) is 18.1. The van der Waals surface area contributed by atoms with E-state index in [-0.39, 0.29) is 24.1 Å². The molecule has 1 aliphatic carbocycles. The number of aromatic nitrogens is 1. The van der Waals surface area contributed by atoms with Crippen molar-refractivity contribution in [3.05, 3.63) is 46.2 Å². The minimum absolute atomic E-state index is 0. The fourth-order valence-electron chi connectivity index (χ4n) is 3.19. The Bertz CT molecular complexity index is 802. The van der Waals surface area contributed by atoms with Gasteiger partial charge in [-0.1, -0.05) is 12.1 Å². The third kappa shape index (κ3) is 4.66. The van der Waals surface area contributed by atoms with Crippen molar-refractivity contribution in [1.29, 1.82) is 0 Å². The molecule has 1 saturated carbocycles. The number of benzene rings is 1. The maximum atomic E-state index is 13.1. The lowest BCUT2D eigenvalue weighted by Crippen LogP contribution is -2.54. The summed E-state index contributed by atoms with van der Waals surface area (Å²) in [6, 6.07) is 6.53. The molecule has 1 amide bonds. The third-order valence-corrected chi connectivity index (χ3v) is 6.01. The zero-order valence-electron chi connectivity index (χ0n) is 14.9. The summed E-state index contributed by atoms with van der Waals surface area (Å²) in [5.74, 6) is 0.0469. The van der Waals surface area contributed by atoms with E-state index >= 15 is 0 Å². The summed E-state index contributed by atoms with van der Waals surface area (Å²) in [4.78, 5) is 18.4. The Kier molecular flexibility index (Phi) is 6.15. The van der Waals surface area contributed by atoms with E-state index in [4.69, 9.17) is 10.5 Å². The molecule has 0 atom stereocenters. The van der Waals surface area contributed by atoms with Gasteiger partial charge < -0.3 is 15.8 Å². The Hall–Kier alpha value is -1.54. The van der Waals surface area contributed by atoms with Crippen molar-refractivity contribution in [2.75, 3.05) is 18.5 Å². The minimum Gasteiger partial charge on any atom is -0.381 e. The van der Waals surface area contributed by atoms with Gasteiger partial charge in [-0.2, -0.15) is 0 Å². The number of nitrogens with zero attached hydrogens (tertiary/aromatic N) is 1. The number of carbonyl (C=O) groups excluding carboxylic acids is 1. The first-order valence-electron chi connectivity index (χ1n) is 8.96. The lowest BCUT2D eigenvalue weighted by Gasteiger charge is -2.31. The summed E-state index contributed by atoms with van der Waals surface area (Å²) in [6.45, 7) is 1.01. The van der Waals surface area contributed by atoms with E-state index in [0.717, 1.165) is 29.0 Å². The molecule has 2 aliphatic rings. The van der Waals surface area contributed by atoms with Gasteiger partial charge in [0.2, 0.25) is 5.91 Å². The molecule has 146 valence electrons. The Balaban J connectivity index is 0.00000210. The standard InChI is InChI=1S/C19H22FN3O2S.ClH/c20-14-5-1-12(2-6-14)11-15-16(13-3-4-13)22-18(26-15)23-17(24)19(21)7-9-25-10-8-19;/h1-2,5-6,13H,3-4,7-11,21H2,(H,22,23,24);1H. The van der Waals surface area contributed by atoms with Crippen LogP contribution in [0.5, 0.6) is 0 Å². The largest absolute Gasteiger partial charge is 0.381 e. The van der Waals surface area contributed by atoms with Crippen molar-refractivity contribution in [3.8, 4) is 0 Å². The number of rotatable bonds is 5. The maximum Gasteiger partial charge on any atom is 0.246 e. The van der Waals surface area contributed by atoms with Gasteiger partial charge in [0, 0.05) is 30.4 Å². The van der Waals surface area contributed by atoms with Crippen LogP contribution in [0.1, 0.15) is 47.7 Å². The highest BCUT2D eigenvalue weighted by atomic mass is 35.5. The predicted molar refractivity (Wildman–Crippen MR) is 106 cm³/mol. The molecule has 2 fully saturated rings. The number of carbonyl (C=O) groups is 1. The Morgan fingerprint density at radius 2 is 1.96 bits per heavy atom. The predicted octanol–water partition coefficient (Wildman–Crippen LogP) is 3.62. The number of ether oxygens (including phenoxy) is 1. The molecule has 1 aromatic heterocycles. The van der Waals surface area contributed by atoms with E-state index in [0.29, 0.717) is 43.5 Å². The third-order valence-electron chi connectivity index (χ3n) is 5.03. The lowest BCUT2D eigenvalue weighted by atomic mass is 9.90. The zero-order valence-corrected chi connectivity index (χ0v) is 16.5. The number of hydrogen-bond acceptors (Lipinski definition) is 5. The first-order valence-corrected chi connectivity index (χ1v) is 9.77. The molecule has 27 heavy (non-hydrogen) atoms. The number of thiazole rings is 1. The Morgan fingerprint density at radius 1 is 1.30 bits per heavy atom. The topological polar surface area (TPSA) is 77.2 Å². The average Bonchev–Trinajstić information content (AvgIpc) is 3.40. The van der Waals surface area contributed by atoms with Crippen LogP contribution in [0.15, 0.2) is 24.3 Å². The van der Waals surface area contributed by atoms with Crippen molar-refractivity contribution in [1.82, 2.24) is 4.98 Å². The molecule has 5 nitrogen and oxygen atoms in total. The van der Waals surface area contributed by atoms with Crippen LogP contribution in [0.2, 0.25) is 0 Å². The molecule has 0 radical (unpaired) electrons. The van der Waals surface area contributed by atoms with Crippen molar-refractivity contribution < 1.29 is 13.9 Å². The maximum absolute atomic E-state index is 13.1. The molecule has 2 heterocycles. The number of nitrogens with one attached hydrogen (secondary N) is 1. The van der Waals surface area contributed by atoms with Crippen LogP contribution >= 0.6 is 23.7 Å². The fraction of sp³-hybridized carbons (Fsp3) is 0.474. The summed E-state index contributed by atoms with van der Waals surface area (Å²) < 4.78 is 18.4. The quantitative estimate of drug-likeness (QED) is 0.787. The summed E-state index contributed by atoms with van der Waals surface area (Å²) >= 11 is 1.49. The highest BCUT2D eigenvalue weighted by Crippen LogP contribution is 2.44. The second kappa shape index (κ2) is 8.22. The molecule has 0 bridgehead atoms. The van der Waals surface area contributed by atoms with Crippen molar-refractivity contribution in [2.45, 2.75) is 43.6 Å². The average molecular weight is 412 g/mol. The SMILES string of the molecule is Cl.NC1(C(=O)Nc2nc(C3CC3)c(Cc3ccc(F)cc3)s2)CCOCC1. The molecule has 2 aromatic rings. The van der Waals surface area contributed by atoms with Crippen molar-refractivity contribution in [2.24, 2.45) is 5.73 Å². The van der Waals surface area contributed by atoms with Gasteiger partial charge in [-0.3, -0.25) is 4.79 Å². The summed E-state index contributed by atoms with van der Waals surface area (Å²) in [6.07, 6.45) is 3.99. The van der Waals surface area contributed by atoms with Gasteiger partial charge in [0.15, 0.2) is 5.13 Å². The van der Waals surface area contributed by atoms with E-state index in [2.05, 4.69) is 10.3 Å². The van der Waals surface area contributed by atoms with E-state index in [1.807, 2.05) is 0 Å². The molecule has 0 spiro atoms. The van der Waals surface area contributed by atoms with E-state index in [1.54, 1.807) is 12.1 Å². The van der Waals surface area contributed by atoms with Gasteiger partial charge in [-0.05, 0) is 43.4 Å². The molecule has 1 aromatic carbocycles. The Morgan fingerprint density at radius 3 is 2.59 bits per heavy atom. The normalized spacial score (nSPS) is 18.6. The first kappa shape index (κ1) is 20.2. The molecule has 4 rings (SSSR count). The highest BCUT2D eigenvalue weighted by Gasteiger charge is 2.37. The fourth-order valence-corrected chi connectivity index (χ4v) is 4.27. The van der Waals surface area contributed by atoms with Crippen LogP contribution in [0, 0.1) is 5.82 Å². The molecule has 3 N–H and O–H groups in total. The Labute approximate surface area is 167 Å². The van der Waals surface area contributed by atoms with Gasteiger partial charge in [0.25, 0.3) is 0 Å². The van der Waals surface area contributed by atoms with Crippen LogP contribution < -0.4 is 11.1 Å². The number of amides is 1. The lowest BCUT2D eigenvalue weighted by molar-refractivity contribution is -0.124. The number of hydrogen-bond donors (Lipinski definition) is 2. The smallest absolute Gasteiger partial charge is 0.246 e. The molecule has 0 unspecified atom stereocenters. The van der Waals surface area contributed by atoms with Crippen LogP contribution in [-0.2, 0) is 16.0 Å². The minimum atomic E-state index is -0.888. The van der Waals surface area contributed by atoms with Gasteiger partial charge >= 0.3 is 0 Å². The van der Waals surface area contributed by atoms with Crippen LogP contribution in [0.4, 0.5) is 9.52 Å². The van der Waals surface area contributed by atoms with Crippen molar-refractivity contribution in [3.63, 3.8) is 0 Å². The molecular weight excluding hydrogens is 389 g/mol. The van der Waals surface area contributed by atoms with Gasteiger partial charge in [-0.15, -0.1) is 23.7 Å². The monoisotopic (exact) mass is 411 g/mol. The van der Waals surface area contributed by atoms with E-state index in [9.17, 15) is 9.18 Å². The summed E-state index contributed by atoms with van der Waals surface area (Å²) in [5, 5.41) is 3.52. The van der Waals surface area contributed by atoms with Gasteiger partial charge in [0.1, 0.15) is 11.4 Å². The first-order chi connectivity index (χ1) is 12.5. The second-order valence-electron chi connectivity index (χ2n) is 7.13. The van der Waals surface area contributed by atoms with E-state index < -0.39 is 5.54 Å². The van der Waals surface area contributed by atoms with Crippen LogP contribution in [0.3, 0.4) is 0 Å². The van der Waals surface area contributed by atoms with Gasteiger partial charge in [-0.25, -0.2) is 9.37 Å². The molecular formula is C19H23ClFN3O2S. The second-order valence-corrected chi connectivity index (χ2v) is 8.21. The summed E-state index contributed by atoms with van der Waals surface area (Å²) in [7, 11) is 0. The van der Waals surface area contributed by atoms with Gasteiger partial charge in [0.05, 0.1) is 5.69 Å². The molecule has 1 aliphatic heterocycles. The number of halogens is 2. The van der Waals surface area contributed by atoms with Crippen molar-refractivity contribution >= 4 is 34.8 Å². The van der Waals surface area contributed by atoms with E-state index in [1.165, 1.54) is 23.5 Å². The number of anilines is 1. The summed E-state index contributed by atoms with van der Waals surface area (Å²) in [5.41, 5.74) is 7.47.